The lowest BCUT2D eigenvalue weighted by Gasteiger charge is -2.13. The van der Waals surface area contributed by atoms with Crippen LogP contribution in [0.3, 0.4) is 0 Å². The van der Waals surface area contributed by atoms with Gasteiger partial charge in [0.05, 0.1) is 22.1 Å². The van der Waals surface area contributed by atoms with Crippen LogP contribution < -0.4 is 0 Å². The number of fused-ring (bicyclic) bond motifs is 10. The lowest BCUT2D eigenvalue weighted by Crippen LogP contribution is -1.95. The monoisotopic (exact) mass is 742 g/mol. The van der Waals surface area contributed by atoms with Gasteiger partial charge < -0.3 is 9.13 Å². The van der Waals surface area contributed by atoms with Gasteiger partial charge in [0.1, 0.15) is 0 Å². The molecule has 57 heavy (non-hydrogen) atoms. The van der Waals surface area contributed by atoms with Gasteiger partial charge in [-0.3, -0.25) is 0 Å². The van der Waals surface area contributed by atoms with Crippen LogP contribution in [0.5, 0.6) is 0 Å². The van der Waals surface area contributed by atoms with E-state index in [1.807, 2.05) is 11.3 Å². The summed E-state index contributed by atoms with van der Waals surface area (Å²) in [6, 6.07) is 75.6. The molecule has 3 heterocycles. The van der Waals surface area contributed by atoms with E-state index in [4.69, 9.17) is 0 Å². The average molecular weight is 743 g/mol. The van der Waals surface area contributed by atoms with Crippen LogP contribution in [-0.4, -0.2) is 9.13 Å². The second-order valence-corrected chi connectivity index (χ2v) is 16.0. The van der Waals surface area contributed by atoms with E-state index in [0.717, 1.165) is 11.4 Å². The van der Waals surface area contributed by atoms with Crippen molar-refractivity contribution in [3.05, 3.63) is 206 Å². The fraction of sp³-hybridized carbons (Fsp3) is 0. The van der Waals surface area contributed by atoms with Crippen molar-refractivity contribution in [2.75, 3.05) is 0 Å². The van der Waals surface area contributed by atoms with Gasteiger partial charge in [0.25, 0.3) is 0 Å². The Bertz CT molecular complexity index is 3490. The lowest BCUT2D eigenvalue weighted by molar-refractivity contribution is 1.18. The summed E-state index contributed by atoms with van der Waals surface area (Å²) in [5, 5.41) is 7.65. The fourth-order valence-corrected chi connectivity index (χ4v) is 10.3. The molecule has 2 nitrogen and oxygen atoms in total. The van der Waals surface area contributed by atoms with E-state index >= 15 is 0 Å². The van der Waals surface area contributed by atoms with Gasteiger partial charge in [-0.15, -0.1) is 11.3 Å². The maximum atomic E-state index is 2.51. The molecule has 0 saturated carbocycles. The summed E-state index contributed by atoms with van der Waals surface area (Å²) in [4.78, 5) is 0. The van der Waals surface area contributed by atoms with E-state index < -0.39 is 0 Å². The highest BCUT2D eigenvalue weighted by molar-refractivity contribution is 7.26. The number of para-hydroxylation sites is 2. The molecule has 0 amide bonds. The first kappa shape index (κ1) is 32.1. The van der Waals surface area contributed by atoms with E-state index in [-0.39, 0.29) is 0 Å². The number of hydrogen-bond acceptors (Lipinski definition) is 1. The minimum atomic E-state index is 1.16. The molecule has 3 heteroatoms. The molecule has 0 N–H and O–H groups in total. The van der Waals surface area contributed by atoms with Crippen LogP contribution in [0.4, 0.5) is 0 Å². The second-order valence-electron chi connectivity index (χ2n) is 14.9. The standard InChI is InChI=1S/C54H34N2S/c1-3-14-35(15-4-1)37-26-29-40(30-27-37)56-48-24-11-8-21-43(48)52-45(34-51-53(54(52)56)44-22-9-12-25-50(44)57-51)39-28-31-49-46(33-39)42-20-7-10-23-47(42)55(49)41-19-13-18-38(32-41)36-16-5-2-6-17-36/h1-34H. The van der Waals surface area contributed by atoms with E-state index in [2.05, 4.69) is 215 Å². The smallest absolute Gasteiger partial charge is 0.0640 e. The van der Waals surface area contributed by atoms with Crippen molar-refractivity contribution >= 4 is 75.1 Å². The third-order valence-corrected chi connectivity index (χ3v) is 12.8. The Morgan fingerprint density at radius 2 is 0.877 bits per heavy atom. The molecule has 0 aliphatic rings. The van der Waals surface area contributed by atoms with Gasteiger partial charge >= 0.3 is 0 Å². The highest BCUT2D eigenvalue weighted by Crippen LogP contribution is 2.48. The molecule has 0 atom stereocenters. The Morgan fingerprint density at radius 3 is 1.65 bits per heavy atom. The van der Waals surface area contributed by atoms with Crippen LogP contribution in [0.15, 0.2) is 206 Å². The van der Waals surface area contributed by atoms with Gasteiger partial charge in [0.2, 0.25) is 0 Å². The molecule has 0 fully saturated rings. The van der Waals surface area contributed by atoms with Crippen molar-refractivity contribution < 1.29 is 0 Å². The van der Waals surface area contributed by atoms with Crippen LogP contribution >= 0.6 is 11.3 Å². The van der Waals surface area contributed by atoms with Gasteiger partial charge in [-0.2, -0.15) is 0 Å². The summed E-state index contributed by atoms with van der Waals surface area (Å²) in [7, 11) is 0. The summed E-state index contributed by atoms with van der Waals surface area (Å²) in [5.74, 6) is 0. The summed E-state index contributed by atoms with van der Waals surface area (Å²) in [5.41, 5.74) is 14.5. The SMILES string of the molecule is c1ccc(-c2ccc(-n3c4ccccc4c4c(-c5ccc6c(c5)c5ccccc5n6-c5cccc(-c6ccccc6)c5)cc5sc6ccccc6c5c43)cc2)cc1. The van der Waals surface area contributed by atoms with Crippen LogP contribution in [0.2, 0.25) is 0 Å². The van der Waals surface area contributed by atoms with Gasteiger partial charge in [0, 0.05) is 53.1 Å². The molecule has 0 radical (unpaired) electrons. The molecule has 12 rings (SSSR count). The van der Waals surface area contributed by atoms with Gasteiger partial charge in [0.15, 0.2) is 0 Å². The summed E-state index contributed by atoms with van der Waals surface area (Å²) in [6.45, 7) is 0. The highest BCUT2D eigenvalue weighted by atomic mass is 32.1. The molecular formula is C54H34N2S. The number of nitrogens with zero attached hydrogens (tertiary/aromatic N) is 2. The van der Waals surface area contributed by atoms with E-state index in [9.17, 15) is 0 Å². The Labute approximate surface area is 333 Å². The largest absolute Gasteiger partial charge is 0.309 e. The highest BCUT2D eigenvalue weighted by Gasteiger charge is 2.23. The predicted octanol–water partition coefficient (Wildman–Crippen LogP) is 15.2. The maximum Gasteiger partial charge on any atom is 0.0640 e. The van der Waals surface area contributed by atoms with Crippen molar-refractivity contribution in [3.8, 4) is 44.8 Å². The molecule has 0 aliphatic carbocycles. The quantitative estimate of drug-likeness (QED) is 0.166. The fourth-order valence-electron chi connectivity index (χ4n) is 9.17. The lowest BCUT2D eigenvalue weighted by atomic mass is 9.96. The zero-order chi connectivity index (χ0) is 37.5. The molecule has 12 aromatic rings. The van der Waals surface area contributed by atoms with Crippen LogP contribution in [0.25, 0.3) is 109 Å². The summed E-state index contributed by atoms with van der Waals surface area (Å²) in [6.07, 6.45) is 0. The first-order valence-electron chi connectivity index (χ1n) is 19.5. The van der Waals surface area contributed by atoms with E-state index in [1.54, 1.807) is 0 Å². The van der Waals surface area contributed by atoms with Gasteiger partial charge in [-0.05, 0) is 94.0 Å². The topological polar surface area (TPSA) is 9.86 Å². The Hall–Kier alpha value is -7.20. The maximum absolute atomic E-state index is 2.51. The normalized spacial score (nSPS) is 11.9. The second kappa shape index (κ2) is 12.7. The van der Waals surface area contributed by atoms with E-state index in [1.165, 1.54) is 97.2 Å². The number of rotatable bonds is 5. The molecular weight excluding hydrogens is 709 g/mol. The molecule has 0 spiro atoms. The van der Waals surface area contributed by atoms with E-state index in [0.29, 0.717) is 0 Å². The number of hydrogen-bond donors (Lipinski definition) is 0. The van der Waals surface area contributed by atoms with Crippen LogP contribution in [-0.2, 0) is 0 Å². The van der Waals surface area contributed by atoms with Gasteiger partial charge in [-0.25, -0.2) is 0 Å². The van der Waals surface area contributed by atoms with Crippen LogP contribution in [0.1, 0.15) is 0 Å². The summed E-state index contributed by atoms with van der Waals surface area (Å²) < 4.78 is 7.54. The number of thiophene rings is 1. The third kappa shape index (κ3) is 4.96. The predicted molar refractivity (Wildman–Crippen MR) is 244 cm³/mol. The molecule has 0 saturated heterocycles. The zero-order valence-electron chi connectivity index (χ0n) is 30.9. The average Bonchev–Trinajstić information content (AvgIpc) is 3.94. The Morgan fingerprint density at radius 1 is 0.298 bits per heavy atom. The number of aromatic nitrogens is 2. The molecule has 3 aromatic heterocycles. The first-order valence-corrected chi connectivity index (χ1v) is 20.3. The molecule has 9 aromatic carbocycles. The summed E-state index contributed by atoms with van der Waals surface area (Å²) >= 11 is 1.89. The number of benzene rings is 9. The van der Waals surface area contributed by atoms with Crippen molar-refractivity contribution in [2.24, 2.45) is 0 Å². The molecule has 0 unspecified atom stereocenters. The van der Waals surface area contributed by atoms with Crippen LogP contribution in [0, 0.1) is 0 Å². The van der Waals surface area contributed by atoms with Crippen molar-refractivity contribution in [2.45, 2.75) is 0 Å². The molecule has 0 bridgehead atoms. The Kier molecular flexibility index (Phi) is 7.13. The Balaban J connectivity index is 1.13. The minimum absolute atomic E-state index is 1.16. The van der Waals surface area contributed by atoms with Crippen molar-refractivity contribution in [1.29, 1.82) is 0 Å². The molecule has 266 valence electrons. The first-order chi connectivity index (χ1) is 28.3. The van der Waals surface area contributed by atoms with Gasteiger partial charge in [-0.1, -0.05) is 146 Å². The molecule has 0 aliphatic heterocycles. The third-order valence-electron chi connectivity index (χ3n) is 11.7. The van der Waals surface area contributed by atoms with Crippen molar-refractivity contribution in [1.82, 2.24) is 9.13 Å². The van der Waals surface area contributed by atoms with Crippen molar-refractivity contribution in [3.63, 3.8) is 0 Å². The minimum Gasteiger partial charge on any atom is -0.309 e. The zero-order valence-corrected chi connectivity index (χ0v) is 31.7.